The lowest BCUT2D eigenvalue weighted by atomic mass is 9.97. The first-order valence-electron chi connectivity index (χ1n) is 17.9. The Morgan fingerprint density at radius 3 is 1.81 bits per heavy atom. The van der Waals surface area contributed by atoms with Crippen LogP contribution in [0.5, 0.6) is 0 Å². The first kappa shape index (κ1) is 45.4. The van der Waals surface area contributed by atoms with Crippen molar-refractivity contribution in [1.29, 1.82) is 0 Å². The number of hydrogen-bond donors (Lipinski definition) is 4. The second-order valence-corrected chi connectivity index (χ2v) is 13.5. The molecule has 1 atom stereocenters. The van der Waals surface area contributed by atoms with Gasteiger partial charge >= 0.3 is 5.97 Å². The molecule has 4 N–H and O–H groups in total. The van der Waals surface area contributed by atoms with Gasteiger partial charge in [-0.05, 0) is 44.4 Å². The Balaban J connectivity index is 1.45. The maximum absolute atomic E-state index is 12.8. The van der Waals surface area contributed by atoms with Gasteiger partial charge in [0.25, 0.3) is 11.8 Å². The zero-order valence-electron chi connectivity index (χ0n) is 31.9. The molecule has 0 aromatic heterocycles. The summed E-state index contributed by atoms with van der Waals surface area (Å²) < 4.78 is 27.0. The zero-order chi connectivity index (χ0) is 39.9. The molecule has 17 nitrogen and oxygen atoms in total. The summed E-state index contributed by atoms with van der Waals surface area (Å²) >= 11 is 0. The third kappa shape index (κ3) is 18.9. The SMILES string of the molecule is CC(C)C(NC(=O)CCOCCOCCOCCOCCNC(=O)CCN1C(=O)C=CC1=O)C(=O)NCC(=O)Nc1ccc(COC(=O)C(C)(C)C)cc1. The van der Waals surface area contributed by atoms with Gasteiger partial charge in [-0.1, -0.05) is 26.0 Å². The smallest absolute Gasteiger partial charge is 0.311 e. The predicted molar refractivity (Wildman–Crippen MR) is 195 cm³/mol. The molecular weight excluding hydrogens is 706 g/mol. The Hall–Kier alpha value is -4.71. The standard InChI is InChI=1S/C37H55N5O12/c1-26(2)34(35(48)39-24-31(45)40-28-8-6-27(7-9-28)25-54-36(49)37(3,4)5)41-30(44)13-16-50-18-20-52-22-23-53-21-19-51-17-14-38-29(43)12-15-42-32(46)10-11-33(42)47/h6-11,26,34H,12-25H2,1-5H3,(H,38,43)(H,39,48)(H,40,45)(H,41,44). The molecule has 6 amide bonds. The van der Waals surface area contributed by atoms with E-state index in [-0.39, 0.29) is 82.6 Å². The minimum Gasteiger partial charge on any atom is -0.460 e. The molecule has 0 saturated heterocycles. The number of amides is 6. The van der Waals surface area contributed by atoms with Crippen LogP contribution >= 0.6 is 0 Å². The number of ether oxygens (including phenoxy) is 5. The van der Waals surface area contributed by atoms with Crippen molar-refractivity contribution in [3.63, 3.8) is 0 Å². The lowest BCUT2D eigenvalue weighted by molar-refractivity contribution is -0.154. The van der Waals surface area contributed by atoms with E-state index in [0.29, 0.717) is 38.7 Å². The summed E-state index contributed by atoms with van der Waals surface area (Å²) in [5.41, 5.74) is 0.674. The van der Waals surface area contributed by atoms with Gasteiger partial charge in [-0.3, -0.25) is 38.5 Å². The lowest BCUT2D eigenvalue weighted by Gasteiger charge is -2.21. The first-order chi connectivity index (χ1) is 25.7. The van der Waals surface area contributed by atoms with E-state index < -0.39 is 35.1 Å². The second kappa shape index (κ2) is 24.6. The van der Waals surface area contributed by atoms with Gasteiger partial charge in [0.05, 0.1) is 64.8 Å². The lowest BCUT2D eigenvalue weighted by Crippen LogP contribution is -2.51. The Kier molecular flexibility index (Phi) is 20.7. The Morgan fingerprint density at radius 1 is 0.704 bits per heavy atom. The van der Waals surface area contributed by atoms with E-state index in [1.165, 1.54) is 12.2 Å². The second-order valence-electron chi connectivity index (χ2n) is 13.5. The molecule has 0 spiro atoms. The molecule has 1 aromatic rings. The van der Waals surface area contributed by atoms with Gasteiger partial charge in [0.1, 0.15) is 12.6 Å². The molecule has 2 rings (SSSR count). The van der Waals surface area contributed by atoms with Crippen LogP contribution in [0, 0.1) is 11.3 Å². The number of carbonyl (C=O) groups excluding carboxylic acids is 7. The Bertz CT molecular complexity index is 1410. The molecule has 1 aromatic carbocycles. The average molecular weight is 762 g/mol. The van der Waals surface area contributed by atoms with Crippen LogP contribution in [-0.4, -0.2) is 125 Å². The fourth-order valence-corrected chi connectivity index (χ4v) is 4.46. The highest BCUT2D eigenvalue weighted by Gasteiger charge is 2.25. The van der Waals surface area contributed by atoms with Crippen LogP contribution in [0.1, 0.15) is 53.0 Å². The van der Waals surface area contributed by atoms with Crippen molar-refractivity contribution in [1.82, 2.24) is 20.9 Å². The molecule has 300 valence electrons. The molecule has 0 aliphatic carbocycles. The minimum atomic E-state index is -0.842. The van der Waals surface area contributed by atoms with Crippen LogP contribution in [-0.2, 0) is 63.9 Å². The van der Waals surface area contributed by atoms with Gasteiger partial charge in [-0.25, -0.2) is 0 Å². The topological polar surface area (TPSA) is 217 Å². The van der Waals surface area contributed by atoms with E-state index in [1.54, 1.807) is 58.9 Å². The molecule has 17 heteroatoms. The number of hydrogen-bond acceptors (Lipinski definition) is 12. The zero-order valence-corrected chi connectivity index (χ0v) is 31.9. The van der Waals surface area contributed by atoms with E-state index in [0.717, 1.165) is 10.5 Å². The summed E-state index contributed by atoms with van der Waals surface area (Å²) in [4.78, 5) is 85.4. The number of nitrogens with zero attached hydrogens (tertiary/aromatic N) is 1. The number of imide groups is 1. The molecule has 0 bridgehead atoms. The summed E-state index contributed by atoms with van der Waals surface area (Å²) in [6.07, 6.45) is 2.41. The largest absolute Gasteiger partial charge is 0.460 e. The monoisotopic (exact) mass is 761 g/mol. The van der Waals surface area contributed by atoms with Crippen molar-refractivity contribution >= 4 is 47.1 Å². The van der Waals surface area contributed by atoms with Crippen LogP contribution in [0.25, 0.3) is 0 Å². The van der Waals surface area contributed by atoms with Crippen molar-refractivity contribution in [3.05, 3.63) is 42.0 Å². The van der Waals surface area contributed by atoms with E-state index >= 15 is 0 Å². The van der Waals surface area contributed by atoms with Gasteiger partial charge in [-0.2, -0.15) is 0 Å². The van der Waals surface area contributed by atoms with Crippen molar-refractivity contribution in [3.8, 4) is 0 Å². The van der Waals surface area contributed by atoms with E-state index in [1.807, 2.05) is 0 Å². The van der Waals surface area contributed by atoms with Crippen LogP contribution < -0.4 is 21.3 Å². The third-order valence-corrected chi connectivity index (χ3v) is 7.53. The Morgan fingerprint density at radius 2 is 1.26 bits per heavy atom. The highest BCUT2D eigenvalue weighted by molar-refractivity contribution is 6.13. The number of carbonyl (C=O) groups is 7. The van der Waals surface area contributed by atoms with Gasteiger partial charge < -0.3 is 45.0 Å². The predicted octanol–water partition coefficient (Wildman–Crippen LogP) is 0.859. The van der Waals surface area contributed by atoms with Crippen LogP contribution in [0.2, 0.25) is 0 Å². The molecule has 0 saturated carbocycles. The van der Waals surface area contributed by atoms with Crippen molar-refractivity contribution in [2.75, 3.05) is 77.8 Å². The van der Waals surface area contributed by atoms with Crippen molar-refractivity contribution < 1.29 is 57.2 Å². The molecule has 1 aliphatic heterocycles. The van der Waals surface area contributed by atoms with Crippen LogP contribution in [0.15, 0.2) is 36.4 Å². The fourth-order valence-electron chi connectivity index (χ4n) is 4.46. The molecule has 1 unspecified atom stereocenters. The molecule has 1 heterocycles. The van der Waals surface area contributed by atoms with Gasteiger partial charge in [0.2, 0.25) is 23.6 Å². The molecule has 1 aliphatic rings. The highest BCUT2D eigenvalue weighted by atomic mass is 16.6. The number of nitrogens with one attached hydrogen (secondary N) is 4. The summed E-state index contributed by atoms with van der Waals surface area (Å²) in [7, 11) is 0. The van der Waals surface area contributed by atoms with Gasteiger partial charge in [-0.15, -0.1) is 0 Å². The third-order valence-electron chi connectivity index (χ3n) is 7.53. The van der Waals surface area contributed by atoms with Crippen molar-refractivity contribution in [2.24, 2.45) is 11.3 Å². The first-order valence-corrected chi connectivity index (χ1v) is 17.9. The Labute approximate surface area is 316 Å². The van der Waals surface area contributed by atoms with Crippen LogP contribution in [0.4, 0.5) is 5.69 Å². The average Bonchev–Trinajstić information content (AvgIpc) is 3.44. The van der Waals surface area contributed by atoms with Crippen molar-refractivity contribution in [2.45, 2.75) is 60.1 Å². The summed E-state index contributed by atoms with van der Waals surface area (Å²) in [6.45, 7) is 11.4. The number of anilines is 1. The molecule has 54 heavy (non-hydrogen) atoms. The van der Waals surface area contributed by atoms with Gasteiger partial charge in [0, 0.05) is 43.8 Å². The summed E-state index contributed by atoms with van der Waals surface area (Å²) in [5, 5.41) is 10.6. The number of esters is 1. The number of benzene rings is 1. The van der Waals surface area contributed by atoms with E-state index in [4.69, 9.17) is 23.7 Å². The highest BCUT2D eigenvalue weighted by Crippen LogP contribution is 2.17. The normalized spacial score (nSPS) is 13.2. The molecular formula is C37H55N5O12. The van der Waals surface area contributed by atoms with Gasteiger partial charge in [0.15, 0.2) is 0 Å². The quantitative estimate of drug-likeness (QED) is 0.0588. The number of rotatable bonds is 26. The summed E-state index contributed by atoms with van der Waals surface area (Å²) in [6, 6.07) is 5.96. The molecule has 0 fully saturated rings. The summed E-state index contributed by atoms with van der Waals surface area (Å²) in [5.74, 6) is -2.97. The molecule has 0 radical (unpaired) electrons. The van der Waals surface area contributed by atoms with Crippen LogP contribution in [0.3, 0.4) is 0 Å². The van der Waals surface area contributed by atoms with E-state index in [2.05, 4.69) is 21.3 Å². The maximum atomic E-state index is 12.8. The fraction of sp³-hybridized carbons (Fsp3) is 0.595. The minimum absolute atomic E-state index is 0.0210. The maximum Gasteiger partial charge on any atom is 0.311 e. The van der Waals surface area contributed by atoms with E-state index in [9.17, 15) is 33.6 Å².